The third-order valence-corrected chi connectivity index (χ3v) is 5.60. The number of hydrogen-bond acceptors (Lipinski definition) is 1. The number of carbonyl (C=O) groups is 1. The van der Waals surface area contributed by atoms with Crippen LogP contribution in [0, 0.1) is 16.7 Å². The van der Waals surface area contributed by atoms with Crippen LogP contribution in [-0.4, -0.2) is 11.2 Å². The zero-order valence-corrected chi connectivity index (χ0v) is 13.6. The molecule has 1 aromatic carbocycles. The van der Waals surface area contributed by atoms with Crippen LogP contribution in [0.3, 0.4) is 0 Å². The molecule has 1 fully saturated rings. The average Bonchev–Trinajstić information content (AvgIpc) is 2.77. The van der Waals surface area contributed by atoms with Crippen LogP contribution in [0.15, 0.2) is 30.3 Å². The maximum Gasteiger partial charge on any atom is 0.224 e. The fraction of sp³-hybridized carbons (Fsp3) is 0.562. The quantitative estimate of drug-likeness (QED) is 0.836. The number of rotatable bonds is 4. The van der Waals surface area contributed by atoms with Crippen molar-refractivity contribution >= 4 is 21.8 Å². The molecule has 0 spiro atoms. The van der Waals surface area contributed by atoms with Crippen molar-refractivity contribution in [1.82, 2.24) is 5.32 Å². The number of amides is 1. The highest BCUT2D eigenvalue weighted by Gasteiger charge is 2.68. The Morgan fingerprint density at radius 2 is 1.74 bits per heavy atom. The molecule has 0 heterocycles. The van der Waals surface area contributed by atoms with E-state index in [0.717, 1.165) is 10.9 Å². The molecule has 0 bridgehead atoms. The summed E-state index contributed by atoms with van der Waals surface area (Å²) in [6.07, 6.45) is 0. The van der Waals surface area contributed by atoms with E-state index in [0.29, 0.717) is 0 Å². The molecule has 0 radical (unpaired) electrons. The molecule has 1 N–H and O–H groups in total. The summed E-state index contributed by atoms with van der Waals surface area (Å²) in [7, 11) is 0. The molecule has 0 aliphatic heterocycles. The number of nitrogens with one attached hydrogen (secondary N) is 1. The van der Waals surface area contributed by atoms with E-state index in [1.54, 1.807) is 0 Å². The van der Waals surface area contributed by atoms with Crippen LogP contribution in [0.5, 0.6) is 0 Å². The maximum absolute atomic E-state index is 12.4. The summed E-state index contributed by atoms with van der Waals surface area (Å²) in [5, 5.41) is 3.90. The van der Waals surface area contributed by atoms with Gasteiger partial charge >= 0.3 is 0 Å². The average molecular weight is 324 g/mol. The lowest BCUT2D eigenvalue weighted by Gasteiger charge is -2.17. The Bertz CT molecular complexity index is 453. The van der Waals surface area contributed by atoms with Gasteiger partial charge in [-0.3, -0.25) is 4.79 Å². The van der Waals surface area contributed by atoms with Gasteiger partial charge in [0.15, 0.2) is 0 Å². The monoisotopic (exact) mass is 323 g/mol. The van der Waals surface area contributed by atoms with Gasteiger partial charge in [-0.15, -0.1) is 0 Å². The predicted octanol–water partition coefficient (Wildman–Crippen LogP) is 3.92. The number of hydrogen-bond donors (Lipinski definition) is 1. The largest absolute Gasteiger partial charge is 0.348 e. The van der Waals surface area contributed by atoms with Crippen molar-refractivity contribution in [1.29, 1.82) is 0 Å². The first-order chi connectivity index (χ1) is 8.82. The van der Waals surface area contributed by atoms with Crippen molar-refractivity contribution < 1.29 is 4.79 Å². The summed E-state index contributed by atoms with van der Waals surface area (Å²) in [5.74, 6) is 0.272. The highest BCUT2D eigenvalue weighted by atomic mass is 79.9. The minimum Gasteiger partial charge on any atom is -0.348 e. The Balaban J connectivity index is 2.07. The molecule has 2 rings (SSSR count). The van der Waals surface area contributed by atoms with E-state index < -0.39 is 0 Å². The molecular formula is C16H22BrNO. The van der Waals surface area contributed by atoms with Crippen LogP contribution in [-0.2, 0) is 4.79 Å². The summed E-state index contributed by atoms with van der Waals surface area (Å²) >= 11 is 3.49. The van der Waals surface area contributed by atoms with E-state index in [1.807, 2.05) is 18.2 Å². The third kappa shape index (κ3) is 2.45. The van der Waals surface area contributed by atoms with Crippen LogP contribution in [0.25, 0.3) is 0 Å². The van der Waals surface area contributed by atoms with Gasteiger partial charge in [0.05, 0.1) is 6.04 Å². The molecule has 1 atom stereocenters. The van der Waals surface area contributed by atoms with Crippen LogP contribution < -0.4 is 5.32 Å². The van der Waals surface area contributed by atoms with E-state index >= 15 is 0 Å². The normalized spacial score (nSPS) is 21.7. The Morgan fingerprint density at radius 1 is 1.21 bits per heavy atom. The molecule has 0 aromatic heterocycles. The maximum atomic E-state index is 12.4. The summed E-state index contributed by atoms with van der Waals surface area (Å²) < 4.78 is 0. The Morgan fingerprint density at radius 3 is 2.16 bits per heavy atom. The second-order valence-corrected chi connectivity index (χ2v) is 7.15. The van der Waals surface area contributed by atoms with Gasteiger partial charge in [-0.25, -0.2) is 0 Å². The van der Waals surface area contributed by atoms with Crippen LogP contribution in [0.1, 0.15) is 39.3 Å². The highest BCUT2D eigenvalue weighted by Crippen LogP contribution is 2.68. The molecule has 104 valence electrons. The lowest BCUT2D eigenvalue weighted by atomic mass is 10.0. The number of alkyl halides is 1. The van der Waals surface area contributed by atoms with Gasteiger partial charge in [0.25, 0.3) is 0 Å². The molecule has 3 heteroatoms. The fourth-order valence-corrected chi connectivity index (χ4v) is 3.54. The molecule has 1 amide bonds. The molecular weight excluding hydrogens is 302 g/mol. The van der Waals surface area contributed by atoms with Crippen molar-refractivity contribution in [2.75, 3.05) is 5.33 Å². The molecule has 1 aliphatic rings. The zero-order chi connectivity index (χ0) is 14.3. The standard InChI is InChI=1S/C16H22BrNO/c1-15(2)13(16(15,3)4)14(19)18-12(10-17)11-8-6-5-7-9-11/h5-9,12-13H,10H2,1-4H3,(H,18,19). The molecule has 1 aliphatic carbocycles. The van der Waals surface area contributed by atoms with Gasteiger partial charge in [0.2, 0.25) is 5.91 Å². The highest BCUT2D eigenvalue weighted by molar-refractivity contribution is 9.09. The number of halogens is 1. The van der Waals surface area contributed by atoms with Gasteiger partial charge in [0.1, 0.15) is 0 Å². The SMILES string of the molecule is CC1(C)C(C(=O)NC(CBr)c2ccccc2)C1(C)C. The van der Waals surface area contributed by atoms with E-state index in [1.165, 1.54) is 0 Å². The molecule has 1 saturated carbocycles. The summed E-state index contributed by atoms with van der Waals surface area (Å²) in [5.41, 5.74) is 1.32. The van der Waals surface area contributed by atoms with Crippen molar-refractivity contribution in [3.63, 3.8) is 0 Å². The Hall–Kier alpha value is -0.830. The zero-order valence-electron chi connectivity index (χ0n) is 12.0. The predicted molar refractivity (Wildman–Crippen MR) is 82.2 cm³/mol. The first kappa shape index (κ1) is 14.6. The summed E-state index contributed by atoms with van der Waals surface area (Å²) in [6, 6.07) is 10.1. The molecule has 19 heavy (non-hydrogen) atoms. The second-order valence-electron chi connectivity index (χ2n) is 6.50. The molecule has 1 unspecified atom stereocenters. The minimum absolute atomic E-state index is 0.0425. The van der Waals surface area contributed by atoms with Crippen molar-refractivity contribution in [2.24, 2.45) is 16.7 Å². The Kier molecular flexibility index (Phi) is 3.78. The summed E-state index contributed by atoms with van der Waals surface area (Å²) in [4.78, 5) is 12.4. The van der Waals surface area contributed by atoms with Crippen molar-refractivity contribution in [3.05, 3.63) is 35.9 Å². The lowest BCUT2D eigenvalue weighted by molar-refractivity contribution is -0.124. The van der Waals surface area contributed by atoms with Crippen LogP contribution in [0.2, 0.25) is 0 Å². The van der Waals surface area contributed by atoms with Gasteiger partial charge in [0, 0.05) is 11.2 Å². The fourth-order valence-electron chi connectivity index (χ4n) is 3.00. The van der Waals surface area contributed by atoms with Gasteiger partial charge in [-0.1, -0.05) is 74.0 Å². The van der Waals surface area contributed by atoms with Crippen molar-refractivity contribution in [2.45, 2.75) is 33.7 Å². The van der Waals surface area contributed by atoms with E-state index in [4.69, 9.17) is 0 Å². The first-order valence-electron chi connectivity index (χ1n) is 6.73. The summed E-state index contributed by atoms with van der Waals surface area (Å²) in [6.45, 7) is 8.68. The molecule has 0 saturated heterocycles. The number of benzene rings is 1. The third-order valence-electron chi connectivity index (χ3n) is 4.96. The smallest absolute Gasteiger partial charge is 0.224 e. The molecule has 2 nitrogen and oxygen atoms in total. The lowest BCUT2D eigenvalue weighted by Crippen LogP contribution is -2.32. The van der Waals surface area contributed by atoms with Gasteiger partial charge in [-0.2, -0.15) is 0 Å². The minimum atomic E-state index is 0.0425. The first-order valence-corrected chi connectivity index (χ1v) is 7.86. The van der Waals surface area contributed by atoms with Gasteiger partial charge in [-0.05, 0) is 16.4 Å². The second kappa shape index (κ2) is 4.93. The van der Waals surface area contributed by atoms with E-state index in [-0.39, 0.29) is 28.7 Å². The van der Waals surface area contributed by atoms with E-state index in [2.05, 4.69) is 61.1 Å². The molecule has 1 aromatic rings. The topological polar surface area (TPSA) is 29.1 Å². The Labute approximate surface area is 124 Å². The number of carbonyl (C=O) groups excluding carboxylic acids is 1. The van der Waals surface area contributed by atoms with Gasteiger partial charge < -0.3 is 5.32 Å². The van der Waals surface area contributed by atoms with Crippen molar-refractivity contribution in [3.8, 4) is 0 Å². The van der Waals surface area contributed by atoms with Crippen LogP contribution >= 0.6 is 15.9 Å². The van der Waals surface area contributed by atoms with Crippen LogP contribution in [0.4, 0.5) is 0 Å². The van der Waals surface area contributed by atoms with E-state index in [9.17, 15) is 4.79 Å².